The van der Waals surface area contributed by atoms with Crippen LogP contribution in [0.2, 0.25) is 0 Å². The Morgan fingerprint density at radius 2 is 1.53 bits per heavy atom. The van der Waals surface area contributed by atoms with E-state index >= 15 is 0 Å². The SMILES string of the molecule is CNC(=O)OCC1=C(C(=O)O)N2C(=O)[C@@H](NC(=O)Cc3csc(NC(c4ccccc4)(c4ccccc4)c4ccccc4)n3)[C@H]2SC1. The lowest BCUT2D eigenvalue weighted by molar-refractivity contribution is -0.150. The highest BCUT2D eigenvalue weighted by Crippen LogP contribution is 2.42. The minimum Gasteiger partial charge on any atom is -0.477 e. The Balaban J connectivity index is 1.18. The van der Waals surface area contributed by atoms with Crippen LogP contribution in [0.25, 0.3) is 0 Å². The maximum atomic E-state index is 13.1. The Kier molecular flexibility index (Phi) is 9.27. The first-order valence-corrected chi connectivity index (χ1v) is 16.7. The van der Waals surface area contributed by atoms with Gasteiger partial charge in [0.05, 0.1) is 12.1 Å². The molecule has 0 bridgehead atoms. The van der Waals surface area contributed by atoms with Crippen molar-refractivity contribution in [2.45, 2.75) is 23.4 Å². The van der Waals surface area contributed by atoms with Crippen LogP contribution in [-0.2, 0) is 31.1 Å². The van der Waals surface area contributed by atoms with Crippen molar-refractivity contribution >= 4 is 52.1 Å². The minimum atomic E-state index is -1.30. The number of hydrogen-bond acceptors (Lipinski definition) is 9. The molecule has 0 spiro atoms. The van der Waals surface area contributed by atoms with Crippen molar-refractivity contribution in [1.82, 2.24) is 20.5 Å². The molecule has 11 nitrogen and oxygen atoms in total. The monoisotopic (exact) mass is 669 g/mol. The van der Waals surface area contributed by atoms with Gasteiger partial charge in [-0.05, 0) is 16.7 Å². The number of thioether (sulfide) groups is 1. The fourth-order valence-electron chi connectivity index (χ4n) is 5.80. The molecule has 13 heteroatoms. The number of rotatable bonds is 11. The number of aromatic nitrogens is 1. The second-order valence-electron chi connectivity index (χ2n) is 10.8. The normalized spacial score (nSPS) is 17.3. The van der Waals surface area contributed by atoms with Crippen LogP contribution in [0, 0.1) is 0 Å². The first-order chi connectivity index (χ1) is 22.8. The summed E-state index contributed by atoms with van der Waals surface area (Å²) in [5.41, 5.74) is 2.88. The van der Waals surface area contributed by atoms with Gasteiger partial charge in [-0.1, -0.05) is 91.0 Å². The Labute approximate surface area is 279 Å². The van der Waals surface area contributed by atoms with Crippen molar-refractivity contribution < 1.29 is 29.0 Å². The quantitative estimate of drug-likeness (QED) is 0.136. The third-order valence-corrected chi connectivity index (χ3v) is 10.1. The first-order valence-electron chi connectivity index (χ1n) is 14.7. The molecular weight excluding hydrogens is 639 g/mol. The number of anilines is 1. The van der Waals surface area contributed by atoms with Crippen LogP contribution in [0.3, 0.4) is 0 Å². The summed E-state index contributed by atoms with van der Waals surface area (Å²) in [6.07, 6.45) is -0.776. The van der Waals surface area contributed by atoms with E-state index < -0.39 is 40.8 Å². The van der Waals surface area contributed by atoms with Crippen molar-refractivity contribution in [3.63, 3.8) is 0 Å². The largest absolute Gasteiger partial charge is 0.477 e. The van der Waals surface area contributed by atoms with E-state index in [0.717, 1.165) is 21.6 Å². The van der Waals surface area contributed by atoms with Gasteiger partial charge in [0.2, 0.25) is 5.91 Å². The number of hydrogen-bond donors (Lipinski definition) is 4. The van der Waals surface area contributed by atoms with Crippen LogP contribution in [0.1, 0.15) is 22.4 Å². The number of carboxylic acid groups (broad SMARTS) is 1. The Morgan fingerprint density at radius 3 is 2.06 bits per heavy atom. The van der Waals surface area contributed by atoms with E-state index in [-0.39, 0.29) is 24.5 Å². The molecule has 3 heterocycles. The highest BCUT2D eigenvalue weighted by Gasteiger charge is 2.54. The first kappa shape index (κ1) is 31.8. The summed E-state index contributed by atoms with van der Waals surface area (Å²) in [4.78, 5) is 55.7. The van der Waals surface area contributed by atoms with Gasteiger partial charge < -0.3 is 25.8 Å². The minimum absolute atomic E-state index is 0.0683. The van der Waals surface area contributed by atoms with Crippen molar-refractivity contribution in [3.05, 3.63) is 130 Å². The number of β-lactam (4-membered cyclic amide) rings is 1. The van der Waals surface area contributed by atoms with E-state index in [0.29, 0.717) is 16.4 Å². The lowest BCUT2D eigenvalue weighted by Crippen LogP contribution is -2.70. The van der Waals surface area contributed by atoms with Crippen LogP contribution in [-0.4, -0.2) is 69.7 Å². The zero-order valence-electron chi connectivity index (χ0n) is 25.2. The highest BCUT2D eigenvalue weighted by atomic mass is 32.2. The summed E-state index contributed by atoms with van der Waals surface area (Å²) < 4.78 is 5.02. The number of benzene rings is 3. The topological polar surface area (TPSA) is 150 Å². The highest BCUT2D eigenvalue weighted by molar-refractivity contribution is 8.00. The molecular formula is C34H31N5O6S2. The van der Waals surface area contributed by atoms with Crippen LogP contribution >= 0.6 is 23.1 Å². The Hall–Kier alpha value is -5.14. The number of thiazole rings is 1. The van der Waals surface area contributed by atoms with Gasteiger partial charge in [-0.25, -0.2) is 14.6 Å². The van der Waals surface area contributed by atoms with Gasteiger partial charge in [0.15, 0.2) is 5.13 Å². The summed E-state index contributed by atoms with van der Waals surface area (Å²) in [5, 5.41) is 20.4. The summed E-state index contributed by atoms with van der Waals surface area (Å²) >= 11 is 2.68. The standard InChI is InChI=1S/C34H31N5O6S2/c1-35-33(44)45-18-21-19-46-30-27(29(41)39(30)28(21)31(42)43)37-26(40)17-25-20-47-32(36-25)38-34(22-11-5-2-6-12-22,23-13-7-3-8-14-23)24-15-9-4-10-16-24/h2-16,20,27,30H,17-19H2,1H3,(H,35,44)(H,36,38)(H,37,40)(H,42,43)/t27-,30-/m1/s1. The van der Waals surface area contributed by atoms with Crippen LogP contribution in [0.5, 0.6) is 0 Å². The number of ether oxygens (including phenoxy) is 1. The van der Waals surface area contributed by atoms with E-state index in [1.54, 1.807) is 0 Å². The van der Waals surface area contributed by atoms with Crippen molar-refractivity contribution in [2.24, 2.45) is 0 Å². The zero-order valence-corrected chi connectivity index (χ0v) is 26.8. The van der Waals surface area contributed by atoms with E-state index in [2.05, 4.69) is 52.3 Å². The molecule has 47 heavy (non-hydrogen) atoms. The Morgan fingerprint density at radius 1 is 0.957 bits per heavy atom. The molecule has 0 radical (unpaired) electrons. The third-order valence-electron chi connectivity index (χ3n) is 7.96. The fourth-order valence-corrected chi connectivity index (χ4v) is 7.89. The van der Waals surface area contributed by atoms with Gasteiger partial charge in [0.25, 0.3) is 5.91 Å². The van der Waals surface area contributed by atoms with E-state index in [1.165, 1.54) is 30.1 Å². The van der Waals surface area contributed by atoms with Crippen LogP contribution in [0.4, 0.5) is 9.93 Å². The van der Waals surface area contributed by atoms with Gasteiger partial charge in [-0.15, -0.1) is 23.1 Å². The molecule has 2 atom stereocenters. The Bertz CT molecular complexity index is 1720. The lowest BCUT2D eigenvalue weighted by atomic mass is 9.77. The molecule has 2 aliphatic rings. The number of fused-ring (bicyclic) bond motifs is 1. The maximum Gasteiger partial charge on any atom is 0.407 e. The molecule has 4 N–H and O–H groups in total. The van der Waals surface area contributed by atoms with Gasteiger partial charge in [-0.2, -0.15) is 0 Å². The number of carbonyl (C=O) groups is 4. The van der Waals surface area contributed by atoms with Gasteiger partial charge in [0.1, 0.15) is 29.3 Å². The molecule has 3 amide bonds. The predicted molar refractivity (Wildman–Crippen MR) is 179 cm³/mol. The summed E-state index contributed by atoms with van der Waals surface area (Å²) in [6.45, 7) is -0.262. The third kappa shape index (κ3) is 6.31. The number of nitrogens with zero attached hydrogens (tertiary/aromatic N) is 2. The van der Waals surface area contributed by atoms with Crippen molar-refractivity contribution in [3.8, 4) is 0 Å². The zero-order chi connectivity index (χ0) is 33.0. The number of nitrogens with one attached hydrogen (secondary N) is 3. The van der Waals surface area contributed by atoms with E-state index in [1.807, 2.05) is 60.0 Å². The number of alkyl carbamates (subject to hydrolysis) is 1. The second-order valence-corrected chi connectivity index (χ2v) is 12.8. The number of carboxylic acids is 1. The van der Waals surface area contributed by atoms with E-state index in [4.69, 9.17) is 9.72 Å². The summed E-state index contributed by atoms with van der Waals surface area (Å²) in [5.74, 6) is -2.02. The predicted octanol–water partition coefficient (Wildman–Crippen LogP) is 4.18. The van der Waals surface area contributed by atoms with Gasteiger partial charge >= 0.3 is 12.1 Å². The molecule has 1 saturated heterocycles. The number of carbonyl (C=O) groups excluding carboxylic acids is 3. The second kappa shape index (κ2) is 13.7. The van der Waals surface area contributed by atoms with Crippen LogP contribution < -0.4 is 16.0 Å². The molecule has 6 rings (SSSR count). The van der Waals surface area contributed by atoms with Gasteiger partial charge in [0, 0.05) is 23.8 Å². The van der Waals surface area contributed by atoms with Crippen molar-refractivity contribution in [2.75, 3.05) is 24.7 Å². The molecule has 3 aromatic carbocycles. The average molecular weight is 670 g/mol. The molecule has 4 aromatic rings. The maximum absolute atomic E-state index is 13.1. The molecule has 1 fully saturated rings. The molecule has 2 aliphatic heterocycles. The van der Waals surface area contributed by atoms with Crippen molar-refractivity contribution in [1.29, 1.82) is 0 Å². The van der Waals surface area contributed by atoms with Gasteiger partial charge in [-0.3, -0.25) is 14.5 Å². The average Bonchev–Trinajstić information content (AvgIpc) is 3.55. The summed E-state index contributed by atoms with van der Waals surface area (Å²) in [7, 11) is 1.39. The summed E-state index contributed by atoms with van der Waals surface area (Å²) in [6, 6.07) is 29.4. The van der Waals surface area contributed by atoms with E-state index in [9.17, 15) is 24.3 Å². The molecule has 0 unspecified atom stereocenters. The molecule has 0 aliphatic carbocycles. The molecule has 240 valence electrons. The molecule has 0 saturated carbocycles. The smallest absolute Gasteiger partial charge is 0.407 e. The lowest BCUT2D eigenvalue weighted by Gasteiger charge is -2.49. The number of aliphatic carboxylic acids is 1. The van der Waals surface area contributed by atoms with Crippen LogP contribution in [0.15, 0.2) is 108 Å². The fraction of sp³-hybridized carbons (Fsp3) is 0.206. The number of amides is 3. The molecule has 1 aromatic heterocycles.